The molecular formula is C28H49NO4Si3. The lowest BCUT2D eigenvalue weighted by Gasteiger charge is -2.51. The first-order chi connectivity index (χ1) is 16.5. The van der Waals surface area contributed by atoms with Gasteiger partial charge in [0, 0.05) is 5.56 Å². The van der Waals surface area contributed by atoms with Crippen molar-refractivity contribution in [3.05, 3.63) is 29.3 Å². The molecule has 6 unspecified atom stereocenters. The normalized spacial score (nSPS) is 33.6. The molecule has 0 aliphatic heterocycles. The molecule has 0 N–H and O–H groups in total. The highest BCUT2D eigenvalue weighted by Gasteiger charge is 2.60. The fourth-order valence-electron chi connectivity index (χ4n) is 7.11. The van der Waals surface area contributed by atoms with Crippen molar-refractivity contribution >= 4 is 30.7 Å². The van der Waals surface area contributed by atoms with Gasteiger partial charge >= 0.3 is 0 Å². The summed E-state index contributed by atoms with van der Waals surface area (Å²) in [5.74, 6) is 2.57. The number of fused-ring (bicyclic) bond motifs is 5. The van der Waals surface area contributed by atoms with Crippen LogP contribution in [0.2, 0.25) is 58.9 Å². The van der Waals surface area contributed by atoms with Crippen LogP contribution < -0.4 is 4.43 Å². The molecule has 0 amide bonds. The minimum atomic E-state index is -1.74. The number of nitrogens with zero attached hydrogens (tertiary/aromatic N) is 1. The molecular weight excluding hydrogens is 499 g/mol. The van der Waals surface area contributed by atoms with Crippen molar-refractivity contribution in [3.8, 4) is 5.75 Å². The van der Waals surface area contributed by atoms with Crippen LogP contribution in [-0.2, 0) is 13.7 Å². The predicted octanol–water partition coefficient (Wildman–Crippen LogP) is 7.61. The van der Waals surface area contributed by atoms with Gasteiger partial charge in [-0.05, 0) is 125 Å². The Morgan fingerprint density at radius 2 is 1.58 bits per heavy atom. The van der Waals surface area contributed by atoms with Crippen LogP contribution in [-0.4, -0.2) is 50.0 Å². The van der Waals surface area contributed by atoms with Crippen LogP contribution in [0, 0.1) is 17.3 Å². The SMILES string of the molecule is CO/N=C1\CC2C(CCC3(C)C2CC(O[Si](C)(C)C)C3O[Si](C)(C)C)c2ccc(O[Si](C)(C)C)cc21. The molecule has 0 spiro atoms. The second-order valence-corrected chi connectivity index (χ2v) is 27.8. The van der Waals surface area contributed by atoms with Crippen molar-refractivity contribution in [2.75, 3.05) is 7.11 Å². The molecule has 0 saturated heterocycles. The van der Waals surface area contributed by atoms with Crippen molar-refractivity contribution in [3.63, 3.8) is 0 Å². The molecule has 4 rings (SSSR count). The van der Waals surface area contributed by atoms with E-state index in [2.05, 4.69) is 89.2 Å². The van der Waals surface area contributed by atoms with Gasteiger partial charge in [0.05, 0.1) is 17.9 Å². The van der Waals surface area contributed by atoms with Crippen LogP contribution in [0.3, 0.4) is 0 Å². The minimum absolute atomic E-state index is 0.127. The van der Waals surface area contributed by atoms with Crippen LogP contribution in [0.25, 0.3) is 0 Å². The molecule has 8 heteroatoms. The van der Waals surface area contributed by atoms with Crippen LogP contribution in [0.4, 0.5) is 0 Å². The molecule has 1 aromatic rings. The quantitative estimate of drug-likeness (QED) is 0.260. The summed E-state index contributed by atoms with van der Waals surface area (Å²) >= 11 is 0. The Kier molecular flexibility index (Phi) is 7.54. The maximum absolute atomic E-state index is 6.98. The maximum atomic E-state index is 6.98. The average Bonchev–Trinajstić information content (AvgIpc) is 2.96. The van der Waals surface area contributed by atoms with E-state index >= 15 is 0 Å². The molecule has 0 aromatic heterocycles. The van der Waals surface area contributed by atoms with Gasteiger partial charge in [-0.15, -0.1) is 0 Å². The molecule has 0 heterocycles. The summed E-state index contributed by atoms with van der Waals surface area (Å²) < 4.78 is 20.2. The van der Waals surface area contributed by atoms with Gasteiger partial charge < -0.3 is 18.1 Å². The van der Waals surface area contributed by atoms with E-state index in [0.29, 0.717) is 17.8 Å². The summed E-state index contributed by atoms with van der Waals surface area (Å²) in [5.41, 5.74) is 3.84. The van der Waals surface area contributed by atoms with E-state index in [1.807, 2.05) is 0 Å². The van der Waals surface area contributed by atoms with E-state index in [0.717, 1.165) is 24.3 Å². The number of hydrogen-bond donors (Lipinski definition) is 0. The van der Waals surface area contributed by atoms with Crippen molar-refractivity contribution in [1.29, 1.82) is 0 Å². The summed E-state index contributed by atoms with van der Waals surface area (Å²) in [6, 6.07) is 6.72. The Morgan fingerprint density at radius 1 is 0.917 bits per heavy atom. The molecule has 0 bridgehead atoms. The fraction of sp³-hybridized carbons (Fsp3) is 0.750. The first kappa shape index (κ1) is 28.1. The Morgan fingerprint density at radius 3 is 2.17 bits per heavy atom. The zero-order valence-corrected chi connectivity index (χ0v) is 27.5. The highest BCUT2D eigenvalue weighted by Crippen LogP contribution is 2.62. The van der Waals surface area contributed by atoms with Crippen LogP contribution in [0.15, 0.2) is 23.4 Å². The highest BCUT2D eigenvalue weighted by atomic mass is 28.4. The molecule has 202 valence electrons. The van der Waals surface area contributed by atoms with Gasteiger partial charge in [0.25, 0.3) is 0 Å². The van der Waals surface area contributed by atoms with Crippen LogP contribution in [0.5, 0.6) is 5.75 Å². The van der Waals surface area contributed by atoms with Crippen LogP contribution in [0.1, 0.15) is 49.7 Å². The number of rotatable bonds is 7. The smallest absolute Gasteiger partial charge is 0.242 e. The van der Waals surface area contributed by atoms with Crippen LogP contribution >= 0.6 is 0 Å². The lowest BCUT2D eigenvalue weighted by atomic mass is 9.55. The van der Waals surface area contributed by atoms with Crippen molar-refractivity contribution in [2.45, 2.75) is 110 Å². The third kappa shape index (κ3) is 5.87. The largest absolute Gasteiger partial charge is 0.544 e. The molecule has 1 aromatic carbocycles. The van der Waals surface area contributed by atoms with Gasteiger partial charge in [0.2, 0.25) is 8.32 Å². The standard InChI is InChI=1S/C28H49NO4Si3/c1-28-15-14-21-20-13-12-19(31-34(3,4)5)16-23(20)25(29-30-2)17-22(21)24(28)18-26(32-35(6,7)8)27(28)33-36(9,10)11/h12-13,16,21-22,24,26-27H,14-15,17-18H2,1-11H3/b29-25+. The highest BCUT2D eigenvalue weighted by molar-refractivity contribution is 6.70. The van der Waals surface area contributed by atoms with Crippen molar-refractivity contribution in [2.24, 2.45) is 22.4 Å². The monoisotopic (exact) mass is 547 g/mol. The van der Waals surface area contributed by atoms with Gasteiger partial charge in [-0.2, -0.15) is 0 Å². The third-order valence-electron chi connectivity index (χ3n) is 8.12. The number of oxime groups is 1. The number of benzene rings is 1. The van der Waals surface area contributed by atoms with E-state index in [9.17, 15) is 0 Å². The molecule has 36 heavy (non-hydrogen) atoms. The summed E-state index contributed by atoms with van der Waals surface area (Å²) in [6.45, 7) is 23.1. The van der Waals surface area contributed by atoms with Crippen molar-refractivity contribution < 1.29 is 18.1 Å². The molecule has 2 fully saturated rings. The van der Waals surface area contributed by atoms with Gasteiger partial charge in [0.1, 0.15) is 12.9 Å². The van der Waals surface area contributed by atoms with E-state index < -0.39 is 25.0 Å². The third-order valence-corrected chi connectivity index (χ3v) is 10.9. The zero-order valence-electron chi connectivity index (χ0n) is 24.5. The van der Waals surface area contributed by atoms with E-state index in [1.165, 1.54) is 24.0 Å². The fourth-order valence-corrected chi connectivity index (χ4v) is 10.3. The predicted molar refractivity (Wildman–Crippen MR) is 157 cm³/mol. The Hall–Kier alpha value is -0.939. The first-order valence-corrected chi connectivity index (χ1v) is 24.0. The van der Waals surface area contributed by atoms with Gasteiger partial charge in [-0.3, -0.25) is 0 Å². The second-order valence-electron chi connectivity index (χ2n) is 14.5. The van der Waals surface area contributed by atoms with Crippen molar-refractivity contribution in [1.82, 2.24) is 0 Å². The molecule has 2 saturated carbocycles. The average molecular weight is 548 g/mol. The Labute approximate surface area is 222 Å². The van der Waals surface area contributed by atoms with Gasteiger partial charge in [0.15, 0.2) is 16.6 Å². The summed E-state index contributed by atoms with van der Waals surface area (Å²) in [5, 5.41) is 4.57. The zero-order chi connectivity index (χ0) is 26.7. The van der Waals surface area contributed by atoms with Gasteiger partial charge in [-0.1, -0.05) is 18.1 Å². The topological polar surface area (TPSA) is 49.3 Å². The van der Waals surface area contributed by atoms with Gasteiger partial charge in [-0.25, -0.2) is 0 Å². The Balaban J connectivity index is 1.72. The first-order valence-electron chi connectivity index (χ1n) is 13.8. The summed E-state index contributed by atoms with van der Waals surface area (Å²) in [4.78, 5) is 5.39. The van der Waals surface area contributed by atoms with E-state index in [-0.39, 0.29) is 17.6 Å². The molecule has 3 aliphatic rings. The van der Waals surface area contributed by atoms with E-state index in [1.54, 1.807) is 7.11 Å². The lowest BCUT2D eigenvalue weighted by molar-refractivity contribution is -0.0333. The maximum Gasteiger partial charge on any atom is 0.242 e. The molecule has 5 nitrogen and oxygen atoms in total. The number of hydrogen-bond acceptors (Lipinski definition) is 5. The summed E-state index contributed by atoms with van der Waals surface area (Å²) in [7, 11) is -3.47. The Bertz CT molecular complexity index is 994. The summed E-state index contributed by atoms with van der Waals surface area (Å²) in [6.07, 6.45) is 4.77. The minimum Gasteiger partial charge on any atom is -0.544 e. The van der Waals surface area contributed by atoms with E-state index in [4.69, 9.17) is 18.1 Å². The molecule has 3 aliphatic carbocycles. The molecule has 6 atom stereocenters. The lowest BCUT2D eigenvalue weighted by Crippen LogP contribution is -2.50. The molecule has 0 radical (unpaired) electrons. The second kappa shape index (κ2) is 9.67.